The molecule has 1 heteroatoms. The van der Waals surface area contributed by atoms with Crippen LogP contribution in [0.25, 0.3) is 54.9 Å². The van der Waals surface area contributed by atoms with E-state index < -0.39 is 6.89 Å². The first kappa shape index (κ1) is 22.6. The van der Waals surface area contributed by atoms with Gasteiger partial charge in [-0.2, -0.15) is 0 Å². The molecule has 0 aliphatic carbocycles. The van der Waals surface area contributed by atoms with E-state index in [0.29, 0.717) is 0 Å². The third-order valence-corrected chi connectivity index (χ3v) is 8.70. The van der Waals surface area contributed by atoms with Gasteiger partial charge in [0.15, 0.2) is 0 Å². The molecule has 0 heterocycles. The summed E-state index contributed by atoms with van der Waals surface area (Å²) < 4.78 is 0. The van der Waals surface area contributed by atoms with Crippen molar-refractivity contribution >= 4 is 40.0 Å². The third kappa shape index (κ3) is 3.98. The Morgan fingerprint density at radius 2 is 0.833 bits per heavy atom. The highest BCUT2D eigenvalue weighted by atomic mass is 31.2. The van der Waals surface area contributed by atoms with E-state index >= 15 is 0 Å². The van der Waals surface area contributed by atoms with E-state index in [0.717, 1.165) is 0 Å². The molecule has 0 N–H and O–H groups in total. The fourth-order valence-electron chi connectivity index (χ4n) is 5.27. The summed E-state index contributed by atoms with van der Waals surface area (Å²) in [6, 6.07) is 46.4. The van der Waals surface area contributed by atoms with Gasteiger partial charge in [0, 0.05) is 0 Å². The fraction of sp³-hybridized carbons (Fsp3) is 0.0571. The summed E-state index contributed by atoms with van der Waals surface area (Å²) in [5.41, 5.74) is 7.58. The second-order valence-corrected chi connectivity index (χ2v) is 13.9. The second-order valence-electron chi connectivity index (χ2n) is 10.0. The lowest BCUT2D eigenvalue weighted by molar-refractivity contribution is 1.62. The maximum Gasteiger partial charge on any atom is -0.00262 e. The largest absolute Gasteiger partial charge is 0.0971 e. The van der Waals surface area contributed by atoms with Crippen LogP contribution in [-0.2, 0) is 0 Å². The van der Waals surface area contributed by atoms with Crippen LogP contribution in [0.4, 0.5) is 0 Å². The molecule has 0 nitrogen and oxygen atoms in total. The zero-order chi connectivity index (χ0) is 24.7. The SMILES string of the molecule is C=P(C)(C)c1cccc(-c2cccc(-c3c4ccccc4c(-c4ccccc4)c4ccccc34)c2)c1. The Morgan fingerprint density at radius 3 is 1.39 bits per heavy atom. The van der Waals surface area contributed by atoms with E-state index in [-0.39, 0.29) is 0 Å². The van der Waals surface area contributed by atoms with Gasteiger partial charge in [0.25, 0.3) is 0 Å². The molecular weight excluding hydrogens is 451 g/mol. The summed E-state index contributed by atoms with van der Waals surface area (Å²) in [6.45, 7) is 3.21. The zero-order valence-corrected chi connectivity index (χ0v) is 21.7. The van der Waals surface area contributed by atoms with Crippen molar-refractivity contribution in [3.05, 3.63) is 127 Å². The minimum atomic E-state index is -1.34. The Morgan fingerprint density at radius 1 is 0.417 bits per heavy atom. The van der Waals surface area contributed by atoms with Crippen LogP contribution < -0.4 is 5.30 Å². The van der Waals surface area contributed by atoms with Crippen molar-refractivity contribution in [2.75, 3.05) is 13.3 Å². The molecule has 0 aliphatic rings. The van der Waals surface area contributed by atoms with E-state index in [1.807, 2.05) is 0 Å². The van der Waals surface area contributed by atoms with E-state index in [1.54, 1.807) is 0 Å². The molecule has 0 saturated carbocycles. The van der Waals surface area contributed by atoms with Crippen LogP contribution in [-0.4, -0.2) is 19.6 Å². The smallest absolute Gasteiger partial charge is 0.00262 e. The number of benzene rings is 6. The van der Waals surface area contributed by atoms with Gasteiger partial charge in [-0.15, -0.1) is 0 Å². The van der Waals surface area contributed by atoms with Gasteiger partial charge in [-0.1, -0.05) is 128 Å². The van der Waals surface area contributed by atoms with Crippen LogP contribution in [0, 0.1) is 0 Å². The monoisotopic (exact) mass is 480 g/mol. The highest BCUT2D eigenvalue weighted by Crippen LogP contribution is 2.44. The van der Waals surface area contributed by atoms with Crippen LogP contribution >= 0.6 is 6.89 Å². The molecule has 6 aromatic carbocycles. The van der Waals surface area contributed by atoms with Gasteiger partial charge < -0.3 is 0 Å². The summed E-state index contributed by atoms with van der Waals surface area (Å²) in [5.74, 6) is 0. The van der Waals surface area contributed by atoms with Crippen molar-refractivity contribution in [1.29, 1.82) is 0 Å². The number of rotatable bonds is 4. The van der Waals surface area contributed by atoms with Crippen LogP contribution in [0.5, 0.6) is 0 Å². The molecule has 0 aliphatic heterocycles. The first-order valence-electron chi connectivity index (χ1n) is 12.4. The molecule has 0 spiro atoms. The molecule has 0 atom stereocenters. The van der Waals surface area contributed by atoms with Crippen LogP contribution in [0.2, 0.25) is 0 Å². The van der Waals surface area contributed by atoms with Crippen LogP contribution in [0.1, 0.15) is 0 Å². The van der Waals surface area contributed by atoms with Crippen molar-refractivity contribution in [1.82, 2.24) is 0 Å². The van der Waals surface area contributed by atoms with E-state index in [4.69, 9.17) is 0 Å². The Balaban J connectivity index is 1.64. The van der Waals surface area contributed by atoms with Crippen molar-refractivity contribution in [2.24, 2.45) is 0 Å². The first-order valence-corrected chi connectivity index (χ1v) is 15.3. The summed E-state index contributed by atoms with van der Waals surface area (Å²) in [4.78, 5) is 0. The van der Waals surface area contributed by atoms with Gasteiger partial charge in [0.1, 0.15) is 0 Å². The summed E-state index contributed by atoms with van der Waals surface area (Å²) >= 11 is 0. The Labute approximate surface area is 213 Å². The highest BCUT2D eigenvalue weighted by molar-refractivity contribution is 7.79. The standard InChI is InChI=1S/C35H29P/c1-36(2,3)29-18-12-16-27(24-29)26-15-11-17-28(23-26)35-32-21-9-7-19-30(32)34(25-13-5-4-6-14-25)31-20-8-10-22-33(31)35/h4-24H,1H2,2-3H3. The minimum Gasteiger partial charge on any atom is -0.0971 e. The topological polar surface area (TPSA) is 0 Å². The highest BCUT2D eigenvalue weighted by Gasteiger charge is 2.16. The van der Waals surface area contributed by atoms with Gasteiger partial charge >= 0.3 is 0 Å². The predicted molar refractivity (Wildman–Crippen MR) is 163 cm³/mol. The van der Waals surface area contributed by atoms with Crippen molar-refractivity contribution in [3.63, 3.8) is 0 Å². The van der Waals surface area contributed by atoms with Gasteiger partial charge in [0.05, 0.1) is 0 Å². The van der Waals surface area contributed by atoms with E-state index in [1.165, 1.54) is 60.2 Å². The quantitative estimate of drug-likeness (QED) is 0.174. The van der Waals surface area contributed by atoms with E-state index in [2.05, 4.69) is 147 Å². The minimum absolute atomic E-state index is 1.24. The zero-order valence-electron chi connectivity index (χ0n) is 20.8. The lowest BCUT2D eigenvalue weighted by Crippen LogP contribution is -2.02. The molecule has 36 heavy (non-hydrogen) atoms. The summed E-state index contributed by atoms with van der Waals surface area (Å²) in [6.07, 6.45) is 4.45. The average molecular weight is 481 g/mol. The van der Waals surface area contributed by atoms with Crippen LogP contribution in [0.15, 0.2) is 127 Å². The third-order valence-electron chi connectivity index (χ3n) is 7.02. The van der Waals surface area contributed by atoms with Crippen LogP contribution in [0.3, 0.4) is 0 Å². The molecule has 0 unspecified atom stereocenters. The number of fused-ring (bicyclic) bond motifs is 2. The lowest BCUT2D eigenvalue weighted by atomic mass is 9.85. The number of hydrogen-bond donors (Lipinski definition) is 0. The summed E-state index contributed by atoms with van der Waals surface area (Å²) in [5, 5.41) is 6.49. The predicted octanol–water partition coefficient (Wildman–Crippen LogP) is 9.33. The van der Waals surface area contributed by atoms with Crippen molar-refractivity contribution in [3.8, 4) is 33.4 Å². The molecule has 6 rings (SSSR count). The molecule has 6 aromatic rings. The average Bonchev–Trinajstić information content (AvgIpc) is 2.92. The fourth-order valence-corrected chi connectivity index (χ4v) is 6.25. The normalized spacial score (nSPS) is 11.7. The van der Waals surface area contributed by atoms with E-state index in [9.17, 15) is 0 Å². The Kier molecular flexibility index (Phi) is 5.63. The van der Waals surface area contributed by atoms with Gasteiger partial charge in [-0.25, -0.2) is 0 Å². The molecule has 0 fully saturated rings. The van der Waals surface area contributed by atoms with Gasteiger partial charge in [-0.05, 0) is 85.7 Å². The van der Waals surface area contributed by atoms with Gasteiger partial charge in [0.2, 0.25) is 0 Å². The molecule has 174 valence electrons. The molecular formula is C35H29P. The van der Waals surface area contributed by atoms with Gasteiger partial charge in [-0.3, -0.25) is 0 Å². The lowest BCUT2D eigenvalue weighted by Gasteiger charge is -2.18. The second kappa shape index (κ2) is 8.98. The Bertz CT molecular complexity index is 1710. The summed E-state index contributed by atoms with van der Waals surface area (Å²) in [7, 11) is 0. The molecule has 0 bridgehead atoms. The molecule has 0 saturated heterocycles. The Hall–Kier alpha value is -3.86. The number of hydrogen-bond acceptors (Lipinski definition) is 0. The maximum atomic E-state index is 4.45. The van der Waals surface area contributed by atoms with Crippen molar-refractivity contribution in [2.45, 2.75) is 0 Å². The molecule has 0 amide bonds. The first-order chi connectivity index (χ1) is 17.5. The molecule has 0 aromatic heterocycles. The maximum absolute atomic E-state index is 4.45. The molecule has 0 radical (unpaired) electrons. The van der Waals surface area contributed by atoms with Crippen molar-refractivity contribution < 1.29 is 0 Å².